The number of rotatable bonds is 2. The highest BCUT2D eigenvalue weighted by Gasteiger charge is 2.16. The molecule has 0 aliphatic heterocycles. The van der Waals surface area contributed by atoms with E-state index in [0.29, 0.717) is 22.3 Å². The molecule has 0 N–H and O–H groups in total. The maximum atomic E-state index is 12.7. The summed E-state index contributed by atoms with van der Waals surface area (Å²) in [5.74, 6) is 0. The molecule has 5 aromatic rings. The van der Waals surface area contributed by atoms with Crippen LogP contribution in [0.2, 0.25) is 0 Å². The normalized spacial score (nSPS) is 11.7. The van der Waals surface area contributed by atoms with Gasteiger partial charge in [-0.05, 0) is 22.4 Å². The van der Waals surface area contributed by atoms with Crippen LogP contribution in [0.3, 0.4) is 0 Å². The van der Waals surface area contributed by atoms with Gasteiger partial charge in [-0.25, -0.2) is 14.6 Å². The summed E-state index contributed by atoms with van der Waals surface area (Å²) in [6.07, 6.45) is 1.51. The van der Waals surface area contributed by atoms with Crippen molar-refractivity contribution in [2.75, 3.05) is 0 Å². The highest BCUT2D eigenvalue weighted by molar-refractivity contribution is 6.07. The van der Waals surface area contributed by atoms with E-state index in [0.717, 1.165) is 20.7 Å². The lowest BCUT2D eigenvalue weighted by molar-refractivity contribution is 0.558. The molecule has 2 aromatic carbocycles. The Kier molecular flexibility index (Phi) is 3.57. The van der Waals surface area contributed by atoms with Gasteiger partial charge < -0.3 is 8.98 Å². The highest BCUT2D eigenvalue weighted by Crippen LogP contribution is 2.28. The second-order valence-corrected chi connectivity index (χ2v) is 7.00. The molecule has 0 saturated heterocycles. The second-order valence-electron chi connectivity index (χ2n) is 7.00. The van der Waals surface area contributed by atoms with Crippen molar-refractivity contribution in [3.63, 3.8) is 0 Å². The summed E-state index contributed by atoms with van der Waals surface area (Å²) in [5, 5.41) is 2.78. The number of aromatic nitrogens is 4. The van der Waals surface area contributed by atoms with E-state index in [1.165, 1.54) is 24.0 Å². The number of hydrogen-bond acceptors (Lipinski definition) is 5. The molecule has 8 nitrogen and oxygen atoms in total. The lowest BCUT2D eigenvalue weighted by Gasteiger charge is -2.10. The number of aryl methyl sites for hydroxylation is 1. The van der Waals surface area contributed by atoms with E-state index in [9.17, 15) is 14.4 Å². The Morgan fingerprint density at radius 3 is 2.62 bits per heavy atom. The van der Waals surface area contributed by atoms with Gasteiger partial charge in [0.15, 0.2) is 11.2 Å². The van der Waals surface area contributed by atoms with Crippen LogP contribution in [0.25, 0.3) is 32.9 Å². The van der Waals surface area contributed by atoms with E-state index < -0.39 is 16.9 Å². The molecule has 0 bridgehead atoms. The first-order valence-corrected chi connectivity index (χ1v) is 9.01. The van der Waals surface area contributed by atoms with Gasteiger partial charge in [0.25, 0.3) is 5.56 Å². The molecule has 0 fully saturated rings. The highest BCUT2D eigenvalue weighted by atomic mass is 16.4. The predicted molar refractivity (Wildman–Crippen MR) is 109 cm³/mol. The summed E-state index contributed by atoms with van der Waals surface area (Å²) >= 11 is 0. The molecule has 0 aliphatic carbocycles. The second kappa shape index (κ2) is 6.03. The van der Waals surface area contributed by atoms with Crippen molar-refractivity contribution >= 4 is 32.9 Å². The Balaban J connectivity index is 1.83. The number of nitrogens with zero attached hydrogens (tertiary/aromatic N) is 4. The standard InChI is InChI=1S/C21H16N4O4/c1-23-19-18(20(27)24(2)21(23)28)25(11-22-19)10-13-9-16(26)29-15-8-7-12-5-3-4-6-14(12)17(13)15/h3-9,11H,10H2,1-2H3. The fourth-order valence-electron chi connectivity index (χ4n) is 3.85. The Morgan fingerprint density at radius 2 is 1.79 bits per heavy atom. The largest absolute Gasteiger partial charge is 0.423 e. The maximum absolute atomic E-state index is 12.7. The molecule has 5 rings (SSSR count). The van der Waals surface area contributed by atoms with E-state index in [1.54, 1.807) is 17.7 Å². The van der Waals surface area contributed by atoms with Gasteiger partial charge in [-0.2, -0.15) is 0 Å². The molecular weight excluding hydrogens is 372 g/mol. The molecule has 0 spiro atoms. The summed E-state index contributed by atoms with van der Waals surface area (Å²) in [6, 6.07) is 12.9. The molecule has 3 aromatic heterocycles. The average molecular weight is 388 g/mol. The van der Waals surface area contributed by atoms with Gasteiger partial charge >= 0.3 is 11.3 Å². The van der Waals surface area contributed by atoms with Gasteiger partial charge in [0.2, 0.25) is 0 Å². The zero-order valence-corrected chi connectivity index (χ0v) is 15.7. The fourth-order valence-corrected chi connectivity index (χ4v) is 3.85. The van der Waals surface area contributed by atoms with Crippen molar-refractivity contribution in [3.8, 4) is 0 Å². The van der Waals surface area contributed by atoms with Crippen molar-refractivity contribution in [3.05, 3.63) is 85.6 Å². The molecule has 144 valence electrons. The Morgan fingerprint density at radius 1 is 1.00 bits per heavy atom. The van der Waals surface area contributed by atoms with Crippen LogP contribution in [-0.4, -0.2) is 18.7 Å². The van der Waals surface area contributed by atoms with Crippen LogP contribution in [0.5, 0.6) is 0 Å². The van der Waals surface area contributed by atoms with Gasteiger partial charge in [0, 0.05) is 25.5 Å². The molecule has 0 aliphatic rings. The van der Waals surface area contributed by atoms with Gasteiger partial charge in [0.1, 0.15) is 5.58 Å². The zero-order valence-electron chi connectivity index (χ0n) is 15.7. The van der Waals surface area contributed by atoms with Crippen molar-refractivity contribution in [2.45, 2.75) is 6.54 Å². The van der Waals surface area contributed by atoms with Gasteiger partial charge in [-0.15, -0.1) is 0 Å². The third-order valence-corrected chi connectivity index (χ3v) is 5.27. The minimum Gasteiger partial charge on any atom is -0.423 e. The van der Waals surface area contributed by atoms with E-state index in [4.69, 9.17) is 4.42 Å². The first-order chi connectivity index (χ1) is 14.0. The lowest BCUT2D eigenvalue weighted by atomic mass is 10.0. The number of benzene rings is 2. The molecule has 0 atom stereocenters. The molecule has 0 unspecified atom stereocenters. The third-order valence-electron chi connectivity index (χ3n) is 5.27. The summed E-state index contributed by atoms with van der Waals surface area (Å²) in [4.78, 5) is 41.3. The summed E-state index contributed by atoms with van der Waals surface area (Å²) < 4.78 is 9.45. The van der Waals surface area contributed by atoms with Crippen LogP contribution in [0.1, 0.15) is 5.56 Å². The lowest BCUT2D eigenvalue weighted by Crippen LogP contribution is -2.37. The SMILES string of the molecule is Cn1c(=O)c2c(ncn2Cc2cc(=O)oc3ccc4ccccc4c23)n(C)c1=O. The molecule has 29 heavy (non-hydrogen) atoms. The van der Waals surface area contributed by atoms with E-state index in [1.807, 2.05) is 30.3 Å². The minimum atomic E-state index is -0.465. The molecule has 0 saturated carbocycles. The molecule has 0 amide bonds. The Labute approximate surface area is 162 Å². The Bertz CT molecular complexity index is 1620. The average Bonchev–Trinajstić information content (AvgIpc) is 3.13. The van der Waals surface area contributed by atoms with Crippen LogP contribution < -0.4 is 16.9 Å². The van der Waals surface area contributed by atoms with Crippen LogP contribution >= 0.6 is 0 Å². The molecule has 8 heteroatoms. The minimum absolute atomic E-state index is 0.236. The first kappa shape index (κ1) is 17.2. The molecule has 0 radical (unpaired) electrons. The Hall–Kier alpha value is -3.94. The van der Waals surface area contributed by atoms with Crippen molar-refractivity contribution in [1.29, 1.82) is 0 Å². The van der Waals surface area contributed by atoms with E-state index in [-0.39, 0.29) is 6.54 Å². The van der Waals surface area contributed by atoms with Crippen molar-refractivity contribution in [2.24, 2.45) is 14.1 Å². The number of imidazole rings is 1. The van der Waals surface area contributed by atoms with Gasteiger partial charge in [-0.3, -0.25) is 13.9 Å². The van der Waals surface area contributed by atoms with Crippen LogP contribution in [0.4, 0.5) is 0 Å². The molecular formula is C21H16N4O4. The van der Waals surface area contributed by atoms with Crippen LogP contribution in [-0.2, 0) is 20.6 Å². The summed E-state index contributed by atoms with van der Waals surface area (Å²) in [6.45, 7) is 0.236. The van der Waals surface area contributed by atoms with Gasteiger partial charge in [0.05, 0.1) is 12.9 Å². The fraction of sp³-hybridized carbons (Fsp3) is 0.143. The van der Waals surface area contributed by atoms with Crippen molar-refractivity contribution < 1.29 is 4.42 Å². The summed E-state index contributed by atoms with van der Waals surface area (Å²) in [5.41, 5.74) is 0.459. The quantitative estimate of drug-likeness (QED) is 0.339. The summed E-state index contributed by atoms with van der Waals surface area (Å²) in [7, 11) is 3.00. The third kappa shape index (κ3) is 2.46. The zero-order chi connectivity index (χ0) is 20.3. The molecule has 3 heterocycles. The number of hydrogen-bond donors (Lipinski definition) is 0. The monoisotopic (exact) mass is 388 g/mol. The predicted octanol–water partition coefficient (Wildman–Crippen LogP) is 1.74. The number of fused-ring (bicyclic) bond motifs is 4. The topological polar surface area (TPSA) is 92.0 Å². The van der Waals surface area contributed by atoms with Gasteiger partial charge in [-0.1, -0.05) is 30.3 Å². The van der Waals surface area contributed by atoms with E-state index in [2.05, 4.69) is 4.98 Å². The maximum Gasteiger partial charge on any atom is 0.336 e. The first-order valence-electron chi connectivity index (χ1n) is 9.01. The van der Waals surface area contributed by atoms with E-state index >= 15 is 0 Å². The van der Waals surface area contributed by atoms with Crippen LogP contribution in [0, 0.1) is 0 Å². The van der Waals surface area contributed by atoms with Crippen LogP contribution in [0.15, 0.2) is 67.6 Å². The van der Waals surface area contributed by atoms with Crippen molar-refractivity contribution in [1.82, 2.24) is 18.7 Å². The smallest absolute Gasteiger partial charge is 0.336 e.